The number of halogens is 1. The van der Waals surface area contributed by atoms with Crippen LogP contribution >= 0.6 is 15.9 Å². The van der Waals surface area contributed by atoms with Gasteiger partial charge in [-0.05, 0) is 6.07 Å². The van der Waals surface area contributed by atoms with Gasteiger partial charge >= 0.3 is 0 Å². The summed E-state index contributed by atoms with van der Waals surface area (Å²) in [5.41, 5.74) is 1.11. The number of nitrogens with zero attached hydrogens (tertiary/aromatic N) is 2. The fourth-order valence-electron chi connectivity index (χ4n) is 1.72. The lowest BCUT2D eigenvalue weighted by Gasteiger charge is -2.01. The van der Waals surface area contributed by atoms with Gasteiger partial charge in [0.25, 0.3) is 4.80 Å². The van der Waals surface area contributed by atoms with E-state index in [4.69, 9.17) is 9.15 Å². The first-order valence-corrected chi connectivity index (χ1v) is 5.34. The molecule has 1 aliphatic heterocycles. The minimum Gasteiger partial charge on any atom is -0.492 e. The Labute approximate surface area is 94.4 Å². The molecule has 0 aliphatic carbocycles. The molecule has 1 aliphatic rings. The van der Waals surface area contributed by atoms with E-state index in [-0.39, 0.29) is 5.92 Å². The Bertz CT molecular complexity index is 498. The fraction of sp³-hybridized carbons (Fsp3) is 0.200. The molecule has 1 aromatic carbocycles. The normalized spacial score (nSPS) is 18.6. The first-order valence-electron chi connectivity index (χ1n) is 4.55. The first-order chi connectivity index (χ1) is 7.34. The van der Waals surface area contributed by atoms with Crippen LogP contribution in [0.15, 0.2) is 33.5 Å². The second-order valence-electron chi connectivity index (χ2n) is 3.29. The summed E-state index contributed by atoms with van der Waals surface area (Å²) in [6.45, 7) is 0.563. The third kappa shape index (κ3) is 1.43. The standard InChI is InChI=1S/C10H7BrN2O2/c11-10-13-12-9(15-10)7-5-14-8-4-2-1-3-6(7)8/h1-4,7H,5H2. The Balaban J connectivity index is 2.04. The van der Waals surface area contributed by atoms with Crippen LogP contribution in [0.1, 0.15) is 17.4 Å². The van der Waals surface area contributed by atoms with Crippen molar-refractivity contribution in [3.63, 3.8) is 0 Å². The van der Waals surface area contributed by atoms with Crippen LogP contribution in [0, 0.1) is 0 Å². The van der Waals surface area contributed by atoms with Crippen molar-refractivity contribution in [3.8, 4) is 5.75 Å². The minimum absolute atomic E-state index is 0.0556. The van der Waals surface area contributed by atoms with Crippen molar-refractivity contribution in [2.75, 3.05) is 6.61 Å². The maximum atomic E-state index is 5.53. The largest absolute Gasteiger partial charge is 0.492 e. The van der Waals surface area contributed by atoms with Crippen LogP contribution in [-0.4, -0.2) is 16.8 Å². The highest BCUT2D eigenvalue weighted by Gasteiger charge is 2.29. The fourth-order valence-corrected chi connectivity index (χ4v) is 1.97. The summed E-state index contributed by atoms with van der Waals surface area (Å²) in [4.78, 5) is 0.405. The van der Waals surface area contributed by atoms with Gasteiger partial charge in [0.1, 0.15) is 18.3 Å². The molecule has 0 N–H and O–H groups in total. The zero-order valence-electron chi connectivity index (χ0n) is 7.68. The number of hydrogen-bond donors (Lipinski definition) is 0. The molecule has 1 atom stereocenters. The van der Waals surface area contributed by atoms with E-state index in [0.29, 0.717) is 17.3 Å². The van der Waals surface area contributed by atoms with Gasteiger partial charge in [0, 0.05) is 21.5 Å². The summed E-state index contributed by atoms with van der Waals surface area (Å²) < 4.78 is 10.9. The molecule has 0 amide bonds. The maximum absolute atomic E-state index is 5.53. The van der Waals surface area contributed by atoms with Crippen LogP contribution in [-0.2, 0) is 0 Å². The highest BCUT2D eigenvalue weighted by Crippen LogP contribution is 2.37. The van der Waals surface area contributed by atoms with E-state index in [1.165, 1.54) is 0 Å². The van der Waals surface area contributed by atoms with E-state index in [2.05, 4.69) is 26.1 Å². The van der Waals surface area contributed by atoms with Crippen LogP contribution < -0.4 is 4.74 Å². The van der Waals surface area contributed by atoms with E-state index in [9.17, 15) is 0 Å². The lowest BCUT2D eigenvalue weighted by Crippen LogP contribution is -2.02. The van der Waals surface area contributed by atoms with Crippen molar-refractivity contribution in [1.29, 1.82) is 0 Å². The average molecular weight is 267 g/mol. The summed E-state index contributed by atoms with van der Waals surface area (Å²) in [5.74, 6) is 1.55. The van der Waals surface area contributed by atoms with Gasteiger partial charge in [0.15, 0.2) is 0 Å². The van der Waals surface area contributed by atoms with E-state index in [1.807, 2.05) is 24.3 Å². The smallest absolute Gasteiger partial charge is 0.284 e. The zero-order valence-corrected chi connectivity index (χ0v) is 9.27. The SMILES string of the molecule is Brc1nnc(C2COc3ccccc32)o1. The molecular weight excluding hydrogens is 260 g/mol. The summed E-state index contributed by atoms with van der Waals surface area (Å²) in [7, 11) is 0. The Morgan fingerprint density at radius 1 is 1.27 bits per heavy atom. The summed E-state index contributed by atoms with van der Waals surface area (Å²) >= 11 is 3.14. The molecule has 4 nitrogen and oxygen atoms in total. The molecule has 1 unspecified atom stereocenters. The Hall–Kier alpha value is -1.36. The Morgan fingerprint density at radius 3 is 2.93 bits per heavy atom. The molecule has 1 aromatic heterocycles. The number of para-hydroxylation sites is 1. The molecule has 0 fully saturated rings. The molecule has 15 heavy (non-hydrogen) atoms. The van der Waals surface area contributed by atoms with Gasteiger partial charge in [0.05, 0.1) is 0 Å². The average Bonchev–Trinajstić information content (AvgIpc) is 2.83. The van der Waals surface area contributed by atoms with Crippen LogP contribution in [0.4, 0.5) is 0 Å². The number of ether oxygens (including phenoxy) is 1. The number of rotatable bonds is 1. The second-order valence-corrected chi connectivity index (χ2v) is 3.97. The van der Waals surface area contributed by atoms with Gasteiger partial charge < -0.3 is 9.15 Å². The Morgan fingerprint density at radius 2 is 2.13 bits per heavy atom. The van der Waals surface area contributed by atoms with Gasteiger partial charge in [0.2, 0.25) is 5.89 Å². The summed E-state index contributed by atoms with van der Waals surface area (Å²) in [6.07, 6.45) is 0. The Kier molecular flexibility index (Phi) is 1.98. The molecule has 0 spiro atoms. The van der Waals surface area contributed by atoms with Crippen LogP contribution in [0.25, 0.3) is 0 Å². The summed E-state index contributed by atoms with van der Waals surface area (Å²) in [5, 5.41) is 7.73. The molecule has 0 saturated carbocycles. The molecule has 2 heterocycles. The van der Waals surface area contributed by atoms with Gasteiger partial charge in [-0.25, -0.2) is 0 Å². The van der Waals surface area contributed by atoms with Crippen LogP contribution in [0.5, 0.6) is 5.75 Å². The highest BCUT2D eigenvalue weighted by molar-refractivity contribution is 9.10. The maximum Gasteiger partial charge on any atom is 0.284 e. The number of hydrogen-bond acceptors (Lipinski definition) is 4. The molecule has 76 valence electrons. The lowest BCUT2D eigenvalue weighted by molar-refractivity contribution is 0.322. The van der Waals surface area contributed by atoms with Gasteiger partial charge in [-0.3, -0.25) is 0 Å². The monoisotopic (exact) mass is 266 g/mol. The predicted octanol–water partition coefficient (Wildman–Crippen LogP) is 2.36. The van der Waals surface area contributed by atoms with Crippen molar-refractivity contribution in [3.05, 3.63) is 40.5 Å². The molecule has 0 bridgehead atoms. The molecule has 0 saturated heterocycles. The van der Waals surface area contributed by atoms with E-state index < -0.39 is 0 Å². The van der Waals surface area contributed by atoms with Gasteiger partial charge in [-0.15, -0.1) is 10.2 Å². The molecular formula is C10H7BrN2O2. The van der Waals surface area contributed by atoms with Crippen molar-refractivity contribution >= 4 is 15.9 Å². The lowest BCUT2D eigenvalue weighted by atomic mass is 10.0. The predicted molar refractivity (Wildman–Crippen MR) is 55.8 cm³/mol. The number of fused-ring (bicyclic) bond motifs is 1. The van der Waals surface area contributed by atoms with Crippen molar-refractivity contribution in [2.45, 2.75) is 5.92 Å². The molecule has 0 radical (unpaired) electrons. The number of aromatic nitrogens is 2. The zero-order chi connectivity index (χ0) is 10.3. The van der Waals surface area contributed by atoms with Gasteiger partial charge in [-0.2, -0.15) is 0 Å². The van der Waals surface area contributed by atoms with Crippen LogP contribution in [0.3, 0.4) is 0 Å². The van der Waals surface area contributed by atoms with E-state index in [0.717, 1.165) is 11.3 Å². The third-order valence-electron chi connectivity index (χ3n) is 2.41. The minimum atomic E-state index is 0.0556. The second kappa shape index (κ2) is 3.34. The quantitative estimate of drug-likeness (QED) is 0.795. The van der Waals surface area contributed by atoms with Crippen molar-refractivity contribution in [2.24, 2.45) is 0 Å². The topological polar surface area (TPSA) is 48.2 Å². The molecule has 2 aromatic rings. The highest BCUT2D eigenvalue weighted by atomic mass is 79.9. The van der Waals surface area contributed by atoms with Crippen molar-refractivity contribution < 1.29 is 9.15 Å². The first kappa shape index (κ1) is 8.91. The van der Waals surface area contributed by atoms with E-state index in [1.54, 1.807) is 0 Å². The van der Waals surface area contributed by atoms with E-state index >= 15 is 0 Å². The van der Waals surface area contributed by atoms with Crippen molar-refractivity contribution in [1.82, 2.24) is 10.2 Å². The summed E-state index contributed by atoms with van der Waals surface area (Å²) in [6, 6.07) is 7.89. The molecule has 5 heteroatoms. The third-order valence-corrected chi connectivity index (χ3v) is 2.73. The van der Waals surface area contributed by atoms with Crippen LogP contribution in [0.2, 0.25) is 0 Å². The number of benzene rings is 1. The molecule has 3 rings (SSSR count). The van der Waals surface area contributed by atoms with Gasteiger partial charge in [-0.1, -0.05) is 18.2 Å².